The fourth-order valence-corrected chi connectivity index (χ4v) is 5.00. The van der Waals surface area contributed by atoms with Crippen molar-refractivity contribution in [2.45, 2.75) is 76.0 Å². The lowest BCUT2D eigenvalue weighted by Crippen LogP contribution is -2.33. The number of nitrogens with two attached hydrogens (primary N) is 1. The van der Waals surface area contributed by atoms with Gasteiger partial charge in [0.1, 0.15) is 5.82 Å². The Morgan fingerprint density at radius 1 is 1.09 bits per heavy atom. The van der Waals surface area contributed by atoms with Crippen LogP contribution in [0.25, 0.3) is 11.2 Å². The maximum Gasteiger partial charge on any atom is 0.227 e. The lowest BCUT2D eigenvalue weighted by Gasteiger charge is -2.27. The second-order valence-electron chi connectivity index (χ2n) is 9.00. The molecule has 2 aliphatic rings. The molecule has 9 heteroatoms. The van der Waals surface area contributed by atoms with Crippen molar-refractivity contribution in [3.63, 3.8) is 0 Å². The maximum absolute atomic E-state index is 14.3. The molecular weight excluding hydrogens is 429 g/mol. The van der Waals surface area contributed by atoms with E-state index in [4.69, 9.17) is 27.3 Å². The summed E-state index contributed by atoms with van der Waals surface area (Å²) in [7, 11) is 0. The van der Waals surface area contributed by atoms with Gasteiger partial charge in [-0.2, -0.15) is 9.97 Å². The second kappa shape index (κ2) is 9.19. The van der Waals surface area contributed by atoms with Crippen molar-refractivity contribution in [3.8, 4) is 0 Å². The molecule has 2 saturated carbocycles. The first kappa shape index (κ1) is 21.4. The Labute approximate surface area is 192 Å². The van der Waals surface area contributed by atoms with Gasteiger partial charge in [-0.05, 0) is 50.7 Å². The molecule has 2 fully saturated rings. The van der Waals surface area contributed by atoms with Crippen molar-refractivity contribution in [3.05, 3.63) is 40.9 Å². The summed E-state index contributed by atoms with van der Waals surface area (Å²) < 4.78 is 16.5. The van der Waals surface area contributed by atoms with Crippen LogP contribution < -0.4 is 16.4 Å². The van der Waals surface area contributed by atoms with Gasteiger partial charge in [-0.3, -0.25) is 0 Å². The predicted octanol–water partition coefficient (Wildman–Crippen LogP) is 5.03. The van der Waals surface area contributed by atoms with Crippen LogP contribution in [-0.4, -0.2) is 31.6 Å². The zero-order valence-electron chi connectivity index (χ0n) is 18.0. The number of fused-ring (bicyclic) bond motifs is 1. The molecule has 2 aromatic heterocycles. The molecule has 0 aliphatic heterocycles. The SMILES string of the molecule is NC1CCC(Nc2nc(NCc3ccc(Cl)cc3F)c3ncn(C4CCCC4)c3n2)CC1. The minimum atomic E-state index is -0.344. The van der Waals surface area contributed by atoms with E-state index in [1.807, 2.05) is 6.33 Å². The summed E-state index contributed by atoms with van der Waals surface area (Å²) >= 11 is 5.89. The van der Waals surface area contributed by atoms with Crippen LogP contribution >= 0.6 is 11.6 Å². The molecule has 5 rings (SSSR count). The van der Waals surface area contributed by atoms with Crippen molar-refractivity contribution < 1.29 is 4.39 Å². The molecule has 0 atom stereocenters. The number of nitrogens with one attached hydrogen (secondary N) is 2. The van der Waals surface area contributed by atoms with Crippen LogP contribution in [0.1, 0.15) is 63.0 Å². The number of hydrogen-bond donors (Lipinski definition) is 3. The molecule has 170 valence electrons. The first-order valence-electron chi connectivity index (χ1n) is 11.5. The van der Waals surface area contributed by atoms with Crippen LogP contribution in [0.5, 0.6) is 0 Å². The molecule has 4 N–H and O–H groups in total. The van der Waals surface area contributed by atoms with E-state index in [0.29, 0.717) is 40.0 Å². The normalized spacial score (nSPS) is 21.8. The zero-order chi connectivity index (χ0) is 22.1. The quantitative estimate of drug-likeness (QED) is 0.480. The highest BCUT2D eigenvalue weighted by molar-refractivity contribution is 6.30. The molecule has 1 aromatic carbocycles. The number of imidazole rings is 1. The summed E-state index contributed by atoms with van der Waals surface area (Å²) in [4.78, 5) is 14.2. The number of nitrogens with zero attached hydrogens (tertiary/aromatic N) is 4. The van der Waals surface area contributed by atoms with E-state index in [1.54, 1.807) is 12.1 Å². The lowest BCUT2D eigenvalue weighted by molar-refractivity contribution is 0.410. The van der Waals surface area contributed by atoms with Gasteiger partial charge in [-0.15, -0.1) is 0 Å². The van der Waals surface area contributed by atoms with Crippen LogP contribution in [-0.2, 0) is 6.54 Å². The summed E-state index contributed by atoms with van der Waals surface area (Å²) in [5.74, 6) is 0.844. The van der Waals surface area contributed by atoms with Crippen LogP contribution in [0.2, 0.25) is 5.02 Å². The number of halogens is 2. The third-order valence-corrected chi connectivity index (χ3v) is 6.94. The molecular formula is C23H29ClFN7. The minimum Gasteiger partial charge on any atom is -0.364 e. The third-order valence-electron chi connectivity index (χ3n) is 6.71. The van der Waals surface area contributed by atoms with E-state index in [-0.39, 0.29) is 18.4 Å². The van der Waals surface area contributed by atoms with Crippen molar-refractivity contribution in [2.75, 3.05) is 10.6 Å². The van der Waals surface area contributed by atoms with Crippen molar-refractivity contribution >= 4 is 34.5 Å². The van der Waals surface area contributed by atoms with E-state index in [9.17, 15) is 4.39 Å². The highest BCUT2D eigenvalue weighted by Gasteiger charge is 2.24. The smallest absolute Gasteiger partial charge is 0.227 e. The highest BCUT2D eigenvalue weighted by Crippen LogP contribution is 2.33. The number of rotatable bonds is 6. The highest BCUT2D eigenvalue weighted by atomic mass is 35.5. The van der Waals surface area contributed by atoms with E-state index >= 15 is 0 Å². The molecule has 0 unspecified atom stereocenters. The summed E-state index contributed by atoms with van der Waals surface area (Å²) in [5, 5.41) is 7.17. The maximum atomic E-state index is 14.3. The predicted molar refractivity (Wildman–Crippen MR) is 125 cm³/mol. The van der Waals surface area contributed by atoms with Gasteiger partial charge in [0.25, 0.3) is 0 Å². The molecule has 0 radical (unpaired) electrons. The second-order valence-corrected chi connectivity index (χ2v) is 9.44. The Hall–Kier alpha value is -2.45. The number of anilines is 2. The number of benzene rings is 1. The molecule has 32 heavy (non-hydrogen) atoms. The van der Waals surface area contributed by atoms with Crippen LogP contribution in [0.3, 0.4) is 0 Å². The zero-order valence-corrected chi connectivity index (χ0v) is 18.8. The average molecular weight is 458 g/mol. The molecule has 2 aliphatic carbocycles. The van der Waals surface area contributed by atoms with Crippen molar-refractivity contribution in [1.82, 2.24) is 19.5 Å². The topological polar surface area (TPSA) is 93.7 Å². The van der Waals surface area contributed by atoms with E-state index in [2.05, 4.69) is 20.2 Å². The molecule has 2 heterocycles. The molecule has 0 spiro atoms. The third kappa shape index (κ3) is 4.52. The number of hydrogen-bond acceptors (Lipinski definition) is 6. The van der Waals surface area contributed by atoms with Crippen molar-refractivity contribution in [2.24, 2.45) is 5.73 Å². The Kier molecular flexibility index (Phi) is 6.15. The largest absolute Gasteiger partial charge is 0.364 e. The summed E-state index contributed by atoms with van der Waals surface area (Å²) in [6.07, 6.45) is 10.6. The molecule has 0 amide bonds. The van der Waals surface area contributed by atoms with Gasteiger partial charge in [-0.25, -0.2) is 9.37 Å². The standard InChI is InChI=1S/C23H29ClFN7/c24-15-6-5-14(19(25)11-15)12-27-21-20-22(32(13-28-20)18-3-1-2-4-18)31-23(30-21)29-17-9-7-16(26)8-10-17/h5-6,11,13,16-18H,1-4,7-10,12,26H2,(H2,27,29,30,31). The Morgan fingerprint density at radius 2 is 1.88 bits per heavy atom. The van der Waals surface area contributed by atoms with Crippen molar-refractivity contribution in [1.29, 1.82) is 0 Å². The van der Waals surface area contributed by atoms with Gasteiger partial charge in [0.15, 0.2) is 17.0 Å². The Balaban J connectivity index is 1.45. The minimum absolute atomic E-state index is 0.281. The van der Waals surface area contributed by atoms with Crippen LogP contribution in [0.15, 0.2) is 24.5 Å². The first-order chi connectivity index (χ1) is 15.6. The number of aromatic nitrogens is 4. The fraction of sp³-hybridized carbons (Fsp3) is 0.522. The van der Waals surface area contributed by atoms with E-state index < -0.39 is 0 Å². The Morgan fingerprint density at radius 3 is 2.62 bits per heavy atom. The van der Waals surface area contributed by atoms with E-state index in [1.165, 1.54) is 18.9 Å². The molecule has 7 nitrogen and oxygen atoms in total. The fourth-order valence-electron chi connectivity index (χ4n) is 4.84. The van der Waals surface area contributed by atoms with Crippen LogP contribution in [0.4, 0.5) is 16.2 Å². The van der Waals surface area contributed by atoms with E-state index in [0.717, 1.165) is 44.2 Å². The van der Waals surface area contributed by atoms with Gasteiger partial charge in [0.2, 0.25) is 5.95 Å². The van der Waals surface area contributed by atoms with Gasteiger partial charge in [0.05, 0.1) is 6.33 Å². The summed E-state index contributed by atoms with van der Waals surface area (Å²) in [6.45, 7) is 0.281. The summed E-state index contributed by atoms with van der Waals surface area (Å²) in [6, 6.07) is 5.70. The van der Waals surface area contributed by atoms with Gasteiger partial charge >= 0.3 is 0 Å². The van der Waals surface area contributed by atoms with Crippen LogP contribution in [0, 0.1) is 5.82 Å². The average Bonchev–Trinajstić information content (AvgIpc) is 3.44. The molecule has 3 aromatic rings. The molecule has 0 bridgehead atoms. The Bertz CT molecular complexity index is 1090. The summed E-state index contributed by atoms with van der Waals surface area (Å²) in [5.41, 5.74) is 8.11. The monoisotopic (exact) mass is 457 g/mol. The lowest BCUT2D eigenvalue weighted by atomic mass is 9.92. The van der Waals surface area contributed by atoms with Gasteiger partial charge < -0.3 is 20.9 Å². The van der Waals surface area contributed by atoms with Gasteiger partial charge in [0, 0.05) is 35.3 Å². The first-order valence-corrected chi connectivity index (χ1v) is 11.9. The molecule has 0 saturated heterocycles. The van der Waals surface area contributed by atoms with Gasteiger partial charge in [-0.1, -0.05) is 30.5 Å².